The molecule has 3 heteroatoms. The molecule has 2 saturated carbocycles. The molecular weight excluding hydrogens is 234 g/mol. The zero-order chi connectivity index (χ0) is 12.7. The van der Waals surface area contributed by atoms with Crippen molar-refractivity contribution in [3.05, 3.63) is 35.4 Å². The van der Waals surface area contributed by atoms with Gasteiger partial charge in [0.1, 0.15) is 11.6 Å². The predicted molar refractivity (Wildman–Crippen MR) is 65.0 cm³/mol. The van der Waals surface area contributed by atoms with Crippen LogP contribution in [0.1, 0.15) is 31.2 Å². The van der Waals surface area contributed by atoms with Crippen molar-refractivity contribution < 1.29 is 13.9 Å². The second kappa shape index (κ2) is 4.61. The number of hydrogen-bond acceptors (Lipinski definition) is 1. The summed E-state index contributed by atoms with van der Waals surface area (Å²) in [6.45, 7) is 0. The zero-order valence-electron chi connectivity index (χ0n) is 10.3. The van der Waals surface area contributed by atoms with E-state index in [1.54, 1.807) is 0 Å². The third-order valence-corrected chi connectivity index (χ3v) is 4.76. The summed E-state index contributed by atoms with van der Waals surface area (Å²) in [5.74, 6) is 0.456. The molecule has 1 nitrogen and oxygen atoms in total. The van der Waals surface area contributed by atoms with Gasteiger partial charge in [0.05, 0.1) is 6.10 Å². The van der Waals surface area contributed by atoms with Crippen molar-refractivity contribution in [3.8, 4) is 0 Å². The van der Waals surface area contributed by atoms with Crippen molar-refractivity contribution in [2.75, 3.05) is 0 Å². The minimum absolute atomic E-state index is 0.0350. The first-order valence-corrected chi connectivity index (χ1v) is 6.76. The lowest BCUT2D eigenvalue weighted by Gasteiger charge is -2.27. The first kappa shape index (κ1) is 12.1. The van der Waals surface area contributed by atoms with E-state index in [4.69, 9.17) is 0 Å². The van der Waals surface area contributed by atoms with E-state index in [9.17, 15) is 13.9 Å². The van der Waals surface area contributed by atoms with Gasteiger partial charge in [-0.25, -0.2) is 8.78 Å². The quantitative estimate of drug-likeness (QED) is 0.875. The summed E-state index contributed by atoms with van der Waals surface area (Å²) in [6.07, 6.45) is 4.16. The maximum absolute atomic E-state index is 13.5. The predicted octanol–water partition coefficient (Wildman–Crippen LogP) is 3.30. The van der Waals surface area contributed by atoms with Crippen LogP contribution < -0.4 is 0 Å². The van der Waals surface area contributed by atoms with Crippen molar-refractivity contribution in [3.63, 3.8) is 0 Å². The SMILES string of the molecule is OC(Cc1c(F)cccc1F)C1CC2CCC1C2. The Bertz CT molecular complexity index is 426. The first-order chi connectivity index (χ1) is 8.65. The lowest BCUT2D eigenvalue weighted by molar-refractivity contribution is 0.0735. The molecule has 0 saturated heterocycles. The van der Waals surface area contributed by atoms with Gasteiger partial charge in [-0.1, -0.05) is 12.5 Å². The summed E-state index contributed by atoms with van der Waals surface area (Å²) in [5, 5.41) is 10.2. The van der Waals surface area contributed by atoms with Crippen LogP contribution in [0, 0.1) is 29.4 Å². The third-order valence-electron chi connectivity index (χ3n) is 4.76. The summed E-state index contributed by atoms with van der Waals surface area (Å²) in [7, 11) is 0. The van der Waals surface area contributed by atoms with E-state index in [1.165, 1.54) is 37.5 Å². The van der Waals surface area contributed by atoms with Crippen LogP contribution in [0.15, 0.2) is 18.2 Å². The summed E-state index contributed by atoms with van der Waals surface area (Å²) in [5.41, 5.74) is 0.0350. The molecule has 4 atom stereocenters. The molecule has 0 aromatic heterocycles. The van der Waals surface area contributed by atoms with E-state index < -0.39 is 17.7 Å². The Balaban J connectivity index is 1.73. The molecule has 2 aliphatic rings. The lowest BCUT2D eigenvalue weighted by Crippen LogP contribution is -2.28. The second-order valence-electron chi connectivity index (χ2n) is 5.81. The van der Waals surface area contributed by atoms with Gasteiger partial charge in [0.25, 0.3) is 0 Å². The molecule has 0 amide bonds. The first-order valence-electron chi connectivity index (χ1n) is 6.76. The number of aliphatic hydroxyl groups excluding tert-OH is 1. The van der Waals surface area contributed by atoms with Crippen LogP contribution in [-0.2, 0) is 6.42 Å². The molecule has 0 radical (unpaired) electrons. The van der Waals surface area contributed by atoms with Crippen molar-refractivity contribution in [1.29, 1.82) is 0 Å². The average molecular weight is 252 g/mol. The van der Waals surface area contributed by atoms with E-state index in [1.807, 2.05) is 0 Å². The largest absolute Gasteiger partial charge is 0.392 e. The van der Waals surface area contributed by atoms with Gasteiger partial charge >= 0.3 is 0 Å². The van der Waals surface area contributed by atoms with Crippen LogP contribution in [-0.4, -0.2) is 11.2 Å². The Morgan fingerprint density at radius 1 is 1.17 bits per heavy atom. The van der Waals surface area contributed by atoms with Gasteiger partial charge in [0.15, 0.2) is 0 Å². The number of rotatable bonds is 3. The fourth-order valence-electron chi connectivity index (χ4n) is 3.85. The standard InChI is InChI=1S/C15H18F2O/c16-13-2-1-3-14(17)12(13)8-15(18)11-7-9-4-5-10(11)6-9/h1-3,9-11,15,18H,4-8H2. The van der Waals surface area contributed by atoms with E-state index >= 15 is 0 Å². The van der Waals surface area contributed by atoms with Crippen LogP contribution in [0.2, 0.25) is 0 Å². The molecule has 0 heterocycles. The van der Waals surface area contributed by atoms with Gasteiger partial charge in [-0.3, -0.25) is 0 Å². The summed E-state index contributed by atoms with van der Waals surface area (Å²) in [4.78, 5) is 0. The molecule has 0 aliphatic heterocycles. The highest BCUT2D eigenvalue weighted by atomic mass is 19.1. The van der Waals surface area contributed by atoms with Gasteiger partial charge in [0, 0.05) is 12.0 Å². The lowest BCUT2D eigenvalue weighted by atomic mass is 9.82. The highest BCUT2D eigenvalue weighted by Gasteiger charge is 2.42. The van der Waals surface area contributed by atoms with Crippen LogP contribution in [0.3, 0.4) is 0 Å². The minimum Gasteiger partial charge on any atom is -0.392 e. The molecule has 1 aromatic rings. The van der Waals surface area contributed by atoms with E-state index in [2.05, 4.69) is 0 Å². The van der Waals surface area contributed by atoms with E-state index in [0.717, 1.165) is 12.3 Å². The second-order valence-corrected chi connectivity index (χ2v) is 5.81. The fourth-order valence-corrected chi connectivity index (χ4v) is 3.85. The van der Waals surface area contributed by atoms with Crippen LogP contribution in [0.4, 0.5) is 8.78 Å². The Hall–Kier alpha value is -0.960. The summed E-state index contributed by atoms with van der Waals surface area (Å²) >= 11 is 0. The molecule has 3 rings (SSSR count). The molecule has 0 spiro atoms. The minimum atomic E-state index is -0.605. The highest BCUT2D eigenvalue weighted by Crippen LogP contribution is 2.49. The maximum Gasteiger partial charge on any atom is 0.129 e. The molecule has 18 heavy (non-hydrogen) atoms. The van der Waals surface area contributed by atoms with Gasteiger partial charge in [0.2, 0.25) is 0 Å². The smallest absolute Gasteiger partial charge is 0.129 e. The topological polar surface area (TPSA) is 20.2 Å². The molecule has 1 N–H and O–H groups in total. The molecule has 2 fully saturated rings. The van der Waals surface area contributed by atoms with Crippen LogP contribution in [0.5, 0.6) is 0 Å². The monoisotopic (exact) mass is 252 g/mol. The van der Waals surface area contributed by atoms with Crippen molar-refractivity contribution in [1.82, 2.24) is 0 Å². The fraction of sp³-hybridized carbons (Fsp3) is 0.600. The van der Waals surface area contributed by atoms with Crippen LogP contribution in [0.25, 0.3) is 0 Å². The molecular formula is C15H18F2O. The number of benzene rings is 1. The normalized spacial score (nSPS) is 31.8. The Morgan fingerprint density at radius 2 is 1.89 bits per heavy atom. The highest BCUT2D eigenvalue weighted by molar-refractivity contribution is 5.20. The van der Waals surface area contributed by atoms with Gasteiger partial charge in [-0.2, -0.15) is 0 Å². The molecule has 4 unspecified atom stereocenters. The number of aliphatic hydroxyl groups is 1. The molecule has 1 aromatic carbocycles. The van der Waals surface area contributed by atoms with E-state index in [0.29, 0.717) is 5.92 Å². The molecule has 2 bridgehead atoms. The van der Waals surface area contributed by atoms with Gasteiger partial charge in [-0.05, 0) is 49.1 Å². The number of hydrogen-bond donors (Lipinski definition) is 1. The van der Waals surface area contributed by atoms with Gasteiger partial charge < -0.3 is 5.11 Å². The molecule has 2 aliphatic carbocycles. The third kappa shape index (κ3) is 2.05. The van der Waals surface area contributed by atoms with Crippen LogP contribution >= 0.6 is 0 Å². The molecule has 98 valence electrons. The zero-order valence-corrected chi connectivity index (χ0v) is 10.3. The average Bonchev–Trinajstić information content (AvgIpc) is 2.96. The van der Waals surface area contributed by atoms with E-state index in [-0.39, 0.29) is 17.9 Å². The maximum atomic E-state index is 13.5. The van der Waals surface area contributed by atoms with Crippen molar-refractivity contribution in [2.24, 2.45) is 17.8 Å². The Morgan fingerprint density at radius 3 is 2.44 bits per heavy atom. The summed E-state index contributed by atoms with van der Waals surface area (Å²) < 4.78 is 27.1. The van der Waals surface area contributed by atoms with Crippen molar-refractivity contribution in [2.45, 2.75) is 38.2 Å². The Kier molecular flexibility index (Phi) is 3.10. The van der Waals surface area contributed by atoms with Gasteiger partial charge in [-0.15, -0.1) is 0 Å². The summed E-state index contributed by atoms with van der Waals surface area (Å²) in [6, 6.07) is 3.87. The van der Waals surface area contributed by atoms with Crippen molar-refractivity contribution >= 4 is 0 Å². The Labute approximate surface area is 106 Å². The number of halogens is 2. The number of fused-ring (bicyclic) bond motifs is 2.